The summed E-state index contributed by atoms with van der Waals surface area (Å²) in [6, 6.07) is 7.81. The van der Waals surface area contributed by atoms with Crippen LogP contribution in [0.2, 0.25) is 0 Å². The van der Waals surface area contributed by atoms with Crippen molar-refractivity contribution in [3.05, 3.63) is 29.3 Å². The topological polar surface area (TPSA) is 76.3 Å². The summed E-state index contributed by atoms with van der Waals surface area (Å²) in [5, 5.41) is 30.0. The second kappa shape index (κ2) is 7.30. The number of nitrogens with zero attached hydrogens (tertiary/aromatic N) is 1. The zero-order valence-electron chi connectivity index (χ0n) is 9.68. The molecule has 1 unspecified atom stereocenters. The molecule has 0 aliphatic heterocycles. The lowest BCUT2D eigenvalue weighted by molar-refractivity contribution is 0.113. The molecule has 1 rings (SSSR count). The van der Waals surface area contributed by atoms with E-state index in [0.717, 1.165) is 17.0 Å². The van der Waals surface area contributed by atoms with E-state index in [1.165, 1.54) is 11.8 Å². The van der Waals surface area contributed by atoms with Gasteiger partial charge in [0.1, 0.15) is 6.07 Å². The van der Waals surface area contributed by atoms with Crippen LogP contribution in [0.3, 0.4) is 0 Å². The summed E-state index contributed by atoms with van der Waals surface area (Å²) in [5.74, 6) is 0.385. The van der Waals surface area contributed by atoms with Crippen molar-refractivity contribution in [2.45, 2.75) is 17.5 Å². The van der Waals surface area contributed by atoms with Gasteiger partial charge in [-0.3, -0.25) is 0 Å². The molecule has 92 valence electrons. The van der Waals surface area contributed by atoms with Crippen LogP contribution in [0.4, 0.5) is 0 Å². The highest BCUT2D eigenvalue weighted by molar-refractivity contribution is 7.99. The Bertz CT molecular complexity index is 404. The lowest BCUT2D eigenvalue weighted by atomic mass is 10.1. The SMILES string of the molecule is CNCc1ccc(SCC(O)CO)c(C#N)c1. The Kier molecular flexibility index (Phi) is 6.01. The molecule has 0 saturated heterocycles. The Morgan fingerprint density at radius 3 is 2.88 bits per heavy atom. The molecule has 0 radical (unpaired) electrons. The third kappa shape index (κ3) is 4.36. The molecule has 1 atom stereocenters. The second-order valence-corrected chi connectivity index (χ2v) is 4.68. The van der Waals surface area contributed by atoms with E-state index < -0.39 is 6.10 Å². The molecule has 3 N–H and O–H groups in total. The second-order valence-electron chi connectivity index (χ2n) is 3.62. The molecule has 0 spiro atoms. The first-order valence-electron chi connectivity index (χ1n) is 5.30. The van der Waals surface area contributed by atoms with Gasteiger partial charge in [-0.05, 0) is 24.7 Å². The quantitative estimate of drug-likeness (QED) is 0.650. The molecule has 0 aliphatic carbocycles. The highest BCUT2D eigenvalue weighted by Gasteiger charge is 2.07. The van der Waals surface area contributed by atoms with Gasteiger partial charge in [-0.15, -0.1) is 11.8 Å². The van der Waals surface area contributed by atoms with E-state index in [1.807, 2.05) is 25.2 Å². The third-order valence-corrected chi connectivity index (χ3v) is 3.41. The largest absolute Gasteiger partial charge is 0.394 e. The number of benzene rings is 1. The molecule has 0 aromatic heterocycles. The molecule has 0 saturated carbocycles. The summed E-state index contributed by atoms with van der Waals surface area (Å²) in [7, 11) is 1.85. The van der Waals surface area contributed by atoms with Crippen LogP contribution in [-0.2, 0) is 6.54 Å². The summed E-state index contributed by atoms with van der Waals surface area (Å²) >= 11 is 1.38. The van der Waals surface area contributed by atoms with Crippen molar-refractivity contribution in [2.24, 2.45) is 0 Å². The van der Waals surface area contributed by atoms with E-state index in [4.69, 9.17) is 10.4 Å². The van der Waals surface area contributed by atoms with Crippen molar-refractivity contribution in [3.8, 4) is 6.07 Å². The number of rotatable bonds is 6. The van der Waals surface area contributed by atoms with Crippen LogP contribution in [0.5, 0.6) is 0 Å². The number of nitrogens with one attached hydrogen (secondary N) is 1. The summed E-state index contributed by atoms with van der Waals surface area (Å²) in [5.41, 5.74) is 1.66. The minimum absolute atomic E-state index is 0.257. The van der Waals surface area contributed by atoms with Crippen molar-refractivity contribution in [1.82, 2.24) is 5.32 Å². The number of aliphatic hydroxyl groups is 2. The van der Waals surface area contributed by atoms with Gasteiger partial charge in [-0.2, -0.15) is 5.26 Å². The fourth-order valence-corrected chi connectivity index (χ4v) is 2.24. The highest BCUT2D eigenvalue weighted by atomic mass is 32.2. The molecule has 5 heteroatoms. The molecule has 1 aromatic carbocycles. The van der Waals surface area contributed by atoms with E-state index in [2.05, 4.69) is 11.4 Å². The Balaban J connectivity index is 2.75. The van der Waals surface area contributed by atoms with Gasteiger partial charge in [0.05, 0.1) is 18.3 Å². The van der Waals surface area contributed by atoms with E-state index >= 15 is 0 Å². The number of nitriles is 1. The van der Waals surface area contributed by atoms with Gasteiger partial charge in [0.25, 0.3) is 0 Å². The van der Waals surface area contributed by atoms with Gasteiger partial charge < -0.3 is 15.5 Å². The average Bonchev–Trinajstić information content (AvgIpc) is 2.36. The number of thioether (sulfide) groups is 1. The third-order valence-electron chi connectivity index (χ3n) is 2.19. The molecule has 4 nitrogen and oxygen atoms in total. The number of aliphatic hydroxyl groups excluding tert-OH is 2. The zero-order chi connectivity index (χ0) is 12.7. The van der Waals surface area contributed by atoms with Crippen LogP contribution in [0.25, 0.3) is 0 Å². The maximum atomic E-state index is 9.26. The van der Waals surface area contributed by atoms with E-state index in [0.29, 0.717) is 11.3 Å². The minimum atomic E-state index is -0.747. The van der Waals surface area contributed by atoms with Gasteiger partial charge in [0.2, 0.25) is 0 Å². The zero-order valence-corrected chi connectivity index (χ0v) is 10.5. The first-order chi connectivity index (χ1) is 8.21. The van der Waals surface area contributed by atoms with Crippen molar-refractivity contribution in [1.29, 1.82) is 5.26 Å². The van der Waals surface area contributed by atoms with E-state index in [9.17, 15) is 5.11 Å². The lowest BCUT2D eigenvalue weighted by Gasteiger charge is -2.09. The van der Waals surface area contributed by atoms with E-state index in [1.54, 1.807) is 0 Å². The Labute approximate surface area is 105 Å². The summed E-state index contributed by atoms with van der Waals surface area (Å²) < 4.78 is 0. The van der Waals surface area contributed by atoms with Crippen LogP contribution in [0.15, 0.2) is 23.1 Å². The molecule has 0 fully saturated rings. The lowest BCUT2D eigenvalue weighted by Crippen LogP contribution is -2.14. The van der Waals surface area contributed by atoms with Crippen molar-refractivity contribution in [3.63, 3.8) is 0 Å². The summed E-state index contributed by atoms with van der Waals surface area (Å²) in [6.45, 7) is 0.464. The molecule has 0 amide bonds. The van der Waals surface area contributed by atoms with Crippen LogP contribution < -0.4 is 5.32 Å². The molecule has 0 bridgehead atoms. The first kappa shape index (κ1) is 14.0. The normalized spacial score (nSPS) is 12.1. The monoisotopic (exact) mass is 252 g/mol. The van der Waals surface area contributed by atoms with Crippen molar-refractivity contribution >= 4 is 11.8 Å². The van der Waals surface area contributed by atoms with Crippen molar-refractivity contribution in [2.75, 3.05) is 19.4 Å². The maximum Gasteiger partial charge on any atom is 0.100 e. The molecule has 17 heavy (non-hydrogen) atoms. The van der Waals surface area contributed by atoms with Crippen LogP contribution >= 0.6 is 11.8 Å². The minimum Gasteiger partial charge on any atom is -0.394 e. The summed E-state index contributed by atoms with van der Waals surface area (Å²) in [6.07, 6.45) is -0.747. The van der Waals surface area contributed by atoms with Crippen molar-refractivity contribution < 1.29 is 10.2 Å². The van der Waals surface area contributed by atoms with Gasteiger partial charge in [-0.25, -0.2) is 0 Å². The molecule has 1 aromatic rings. The predicted molar refractivity (Wildman–Crippen MR) is 67.7 cm³/mol. The molecular formula is C12H16N2O2S. The standard InChI is InChI=1S/C12H16N2O2S/c1-14-6-9-2-3-12(10(4-9)5-13)17-8-11(16)7-15/h2-4,11,14-16H,6-8H2,1H3. The van der Waals surface area contributed by atoms with Gasteiger partial charge in [0, 0.05) is 17.2 Å². The maximum absolute atomic E-state index is 9.26. The van der Waals surface area contributed by atoms with Crippen LogP contribution in [-0.4, -0.2) is 35.7 Å². The number of hydrogen-bond donors (Lipinski definition) is 3. The van der Waals surface area contributed by atoms with E-state index in [-0.39, 0.29) is 6.61 Å². The molecule has 0 aliphatic rings. The van der Waals surface area contributed by atoms with Crippen LogP contribution in [0.1, 0.15) is 11.1 Å². The first-order valence-corrected chi connectivity index (χ1v) is 6.29. The highest BCUT2D eigenvalue weighted by Crippen LogP contribution is 2.24. The number of hydrogen-bond acceptors (Lipinski definition) is 5. The Morgan fingerprint density at radius 2 is 2.29 bits per heavy atom. The fourth-order valence-electron chi connectivity index (χ4n) is 1.34. The Morgan fingerprint density at radius 1 is 1.53 bits per heavy atom. The van der Waals surface area contributed by atoms with Crippen LogP contribution in [0, 0.1) is 11.3 Å². The van der Waals surface area contributed by atoms with Gasteiger partial charge >= 0.3 is 0 Å². The Hall–Kier alpha value is -1.06. The fraction of sp³-hybridized carbons (Fsp3) is 0.417. The average molecular weight is 252 g/mol. The molecule has 0 heterocycles. The summed E-state index contributed by atoms with van der Waals surface area (Å²) in [4.78, 5) is 0.833. The smallest absolute Gasteiger partial charge is 0.100 e. The molecular weight excluding hydrogens is 236 g/mol. The predicted octanol–water partition coefficient (Wildman–Crippen LogP) is 0.723. The van der Waals surface area contributed by atoms with Gasteiger partial charge in [-0.1, -0.05) is 6.07 Å². The van der Waals surface area contributed by atoms with Gasteiger partial charge in [0.15, 0.2) is 0 Å².